The number of amides is 1. The number of likely N-dealkylation sites (N-methyl/N-ethyl adjacent to an activating group) is 1. The highest BCUT2D eigenvalue weighted by molar-refractivity contribution is 5.79. The Morgan fingerprint density at radius 1 is 1.50 bits per heavy atom. The van der Waals surface area contributed by atoms with Crippen molar-refractivity contribution >= 4 is 5.91 Å². The molecule has 80 valence electrons. The Kier molecular flexibility index (Phi) is 3.03. The van der Waals surface area contributed by atoms with Gasteiger partial charge in [-0.3, -0.25) is 4.79 Å². The Labute approximate surface area is 85.0 Å². The van der Waals surface area contributed by atoms with E-state index >= 15 is 0 Å². The number of carbonyl (C=O) groups is 1. The topological polar surface area (TPSA) is 44.4 Å². The van der Waals surface area contributed by atoms with Gasteiger partial charge in [0.1, 0.15) is 0 Å². The molecule has 2 fully saturated rings. The Balaban J connectivity index is 1.76. The summed E-state index contributed by atoms with van der Waals surface area (Å²) in [5.41, 5.74) is 0. The van der Waals surface area contributed by atoms with E-state index in [9.17, 15) is 4.79 Å². The first-order chi connectivity index (χ1) is 6.75. The maximum absolute atomic E-state index is 11.7. The molecule has 2 unspecified atom stereocenters. The average molecular weight is 197 g/mol. The summed E-state index contributed by atoms with van der Waals surface area (Å²) in [6.07, 6.45) is 2.09. The van der Waals surface area contributed by atoms with E-state index in [0.29, 0.717) is 6.04 Å². The largest absolute Gasteiger partial charge is 0.352 e. The standard InChI is InChI=1S/C10H19N3O/c1-13-5-3-9(7-13)12-10(14)8-2-4-11-6-8/h8-9,11H,2-7H2,1H3,(H,12,14). The summed E-state index contributed by atoms with van der Waals surface area (Å²) in [6, 6.07) is 0.382. The van der Waals surface area contributed by atoms with Crippen LogP contribution in [-0.2, 0) is 4.79 Å². The number of hydrogen-bond donors (Lipinski definition) is 2. The van der Waals surface area contributed by atoms with Gasteiger partial charge in [-0.05, 0) is 33.0 Å². The van der Waals surface area contributed by atoms with Crippen LogP contribution in [-0.4, -0.2) is 50.1 Å². The minimum Gasteiger partial charge on any atom is -0.352 e. The summed E-state index contributed by atoms with van der Waals surface area (Å²) in [5.74, 6) is 0.455. The van der Waals surface area contributed by atoms with Crippen LogP contribution >= 0.6 is 0 Å². The highest BCUT2D eigenvalue weighted by Gasteiger charge is 2.26. The van der Waals surface area contributed by atoms with Crippen LogP contribution in [0.25, 0.3) is 0 Å². The molecule has 14 heavy (non-hydrogen) atoms. The van der Waals surface area contributed by atoms with Gasteiger partial charge in [-0.15, -0.1) is 0 Å². The van der Waals surface area contributed by atoms with Crippen molar-refractivity contribution in [3.8, 4) is 0 Å². The predicted octanol–water partition coefficient (Wildman–Crippen LogP) is -0.584. The van der Waals surface area contributed by atoms with Crippen LogP contribution in [0.3, 0.4) is 0 Å². The molecule has 1 amide bonds. The molecule has 0 bridgehead atoms. The lowest BCUT2D eigenvalue weighted by Gasteiger charge is -2.15. The van der Waals surface area contributed by atoms with Crippen molar-refractivity contribution in [2.45, 2.75) is 18.9 Å². The van der Waals surface area contributed by atoms with E-state index in [-0.39, 0.29) is 11.8 Å². The highest BCUT2D eigenvalue weighted by Crippen LogP contribution is 2.11. The molecule has 2 rings (SSSR count). The van der Waals surface area contributed by atoms with Gasteiger partial charge in [0.25, 0.3) is 0 Å². The predicted molar refractivity (Wildman–Crippen MR) is 55.0 cm³/mol. The van der Waals surface area contributed by atoms with Crippen molar-refractivity contribution in [3.05, 3.63) is 0 Å². The van der Waals surface area contributed by atoms with Crippen LogP contribution in [0.15, 0.2) is 0 Å². The zero-order valence-electron chi connectivity index (χ0n) is 8.75. The fourth-order valence-corrected chi connectivity index (χ4v) is 2.25. The molecule has 0 aromatic rings. The van der Waals surface area contributed by atoms with Crippen molar-refractivity contribution in [1.29, 1.82) is 0 Å². The van der Waals surface area contributed by atoms with Crippen LogP contribution in [0.2, 0.25) is 0 Å². The zero-order valence-corrected chi connectivity index (χ0v) is 8.75. The third kappa shape index (κ3) is 2.25. The van der Waals surface area contributed by atoms with Crippen LogP contribution < -0.4 is 10.6 Å². The molecule has 4 nitrogen and oxygen atoms in total. The van der Waals surface area contributed by atoms with E-state index in [4.69, 9.17) is 0 Å². The number of nitrogens with zero attached hydrogens (tertiary/aromatic N) is 1. The molecule has 0 aromatic carbocycles. The van der Waals surface area contributed by atoms with E-state index in [2.05, 4.69) is 22.6 Å². The fourth-order valence-electron chi connectivity index (χ4n) is 2.25. The Morgan fingerprint density at radius 2 is 2.36 bits per heavy atom. The molecular weight excluding hydrogens is 178 g/mol. The first-order valence-corrected chi connectivity index (χ1v) is 5.45. The summed E-state index contributed by atoms with van der Waals surface area (Å²) < 4.78 is 0. The Hall–Kier alpha value is -0.610. The number of carbonyl (C=O) groups excluding carboxylic acids is 1. The van der Waals surface area contributed by atoms with E-state index < -0.39 is 0 Å². The molecule has 0 saturated carbocycles. The third-order valence-corrected chi connectivity index (χ3v) is 3.17. The second-order valence-electron chi connectivity index (χ2n) is 4.45. The Morgan fingerprint density at radius 3 is 2.93 bits per heavy atom. The van der Waals surface area contributed by atoms with Crippen LogP contribution in [0.1, 0.15) is 12.8 Å². The number of hydrogen-bond acceptors (Lipinski definition) is 3. The summed E-state index contributed by atoms with van der Waals surface area (Å²) >= 11 is 0. The lowest BCUT2D eigenvalue weighted by atomic mass is 10.1. The molecule has 2 aliphatic heterocycles. The van der Waals surface area contributed by atoms with Crippen LogP contribution in [0.5, 0.6) is 0 Å². The molecular formula is C10H19N3O. The minimum absolute atomic E-state index is 0.209. The van der Waals surface area contributed by atoms with Gasteiger partial charge in [-0.25, -0.2) is 0 Å². The summed E-state index contributed by atoms with van der Waals surface area (Å²) in [4.78, 5) is 14.0. The molecule has 2 heterocycles. The van der Waals surface area contributed by atoms with Gasteiger partial charge in [0, 0.05) is 19.1 Å². The van der Waals surface area contributed by atoms with Crippen molar-refractivity contribution < 1.29 is 4.79 Å². The van der Waals surface area contributed by atoms with Gasteiger partial charge in [0.05, 0.1) is 5.92 Å². The summed E-state index contributed by atoms with van der Waals surface area (Å²) in [6.45, 7) is 3.96. The quantitative estimate of drug-likeness (QED) is 0.622. The second kappa shape index (κ2) is 4.28. The number of likely N-dealkylation sites (tertiary alicyclic amines) is 1. The normalized spacial score (nSPS) is 33.5. The molecule has 0 aliphatic carbocycles. The molecule has 2 N–H and O–H groups in total. The summed E-state index contributed by atoms with van der Waals surface area (Å²) in [5, 5.41) is 6.35. The van der Waals surface area contributed by atoms with Gasteiger partial charge >= 0.3 is 0 Å². The van der Waals surface area contributed by atoms with Crippen molar-refractivity contribution in [3.63, 3.8) is 0 Å². The van der Waals surface area contributed by atoms with E-state index in [0.717, 1.165) is 39.0 Å². The van der Waals surface area contributed by atoms with Gasteiger partial charge in [0.2, 0.25) is 5.91 Å². The zero-order chi connectivity index (χ0) is 9.97. The SMILES string of the molecule is CN1CCC(NC(=O)C2CCNC2)C1. The van der Waals surface area contributed by atoms with Gasteiger partial charge in [-0.2, -0.15) is 0 Å². The third-order valence-electron chi connectivity index (χ3n) is 3.17. The van der Waals surface area contributed by atoms with Crippen molar-refractivity contribution in [1.82, 2.24) is 15.5 Å². The molecule has 4 heteroatoms. The number of nitrogens with one attached hydrogen (secondary N) is 2. The van der Waals surface area contributed by atoms with Crippen LogP contribution in [0, 0.1) is 5.92 Å². The lowest BCUT2D eigenvalue weighted by Crippen LogP contribution is -2.40. The fraction of sp³-hybridized carbons (Fsp3) is 0.900. The molecule has 2 atom stereocenters. The minimum atomic E-state index is 0.209. The molecule has 0 spiro atoms. The molecule has 0 aromatic heterocycles. The van der Waals surface area contributed by atoms with Gasteiger partial charge in [0.15, 0.2) is 0 Å². The van der Waals surface area contributed by atoms with Gasteiger partial charge in [-0.1, -0.05) is 0 Å². The van der Waals surface area contributed by atoms with Crippen molar-refractivity contribution in [2.75, 3.05) is 33.2 Å². The maximum Gasteiger partial charge on any atom is 0.224 e. The first kappa shape index (κ1) is 9.93. The summed E-state index contributed by atoms with van der Waals surface area (Å²) in [7, 11) is 2.10. The van der Waals surface area contributed by atoms with Crippen molar-refractivity contribution in [2.24, 2.45) is 5.92 Å². The molecule has 0 radical (unpaired) electrons. The van der Waals surface area contributed by atoms with Gasteiger partial charge < -0.3 is 15.5 Å². The van der Waals surface area contributed by atoms with E-state index in [1.165, 1.54) is 0 Å². The lowest BCUT2D eigenvalue weighted by molar-refractivity contribution is -0.125. The highest BCUT2D eigenvalue weighted by atomic mass is 16.2. The average Bonchev–Trinajstić information content (AvgIpc) is 2.75. The first-order valence-electron chi connectivity index (χ1n) is 5.45. The van der Waals surface area contributed by atoms with Crippen LogP contribution in [0.4, 0.5) is 0 Å². The Bertz CT molecular complexity index is 213. The second-order valence-corrected chi connectivity index (χ2v) is 4.45. The number of rotatable bonds is 2. The molecule has 2 aliphatic rings. The molecule has 2 saturated heterocycles. The smallest absolute Gasteiger partial charge is 0.224 e. The van der Waals surface area contributed by atoms with E-state index in [1.54, 1.807) is 0 Å². The monoisotopic (exact) mass is 197 g/mol. The van der Waals surface area contributed by atoms with E-state index in [1.807, 2.05) is 0 Å². The maximum atomic E-state index is 11.7.